The summed E-state index contributed by atoms with van der Waals surface area (Å²) in [6.07, 6.45) is -4.10. The number of anilines is 2. The maximum absolute atomic E-state index is 14.1. The summed E-state index contributed by atoms with van der Waals surface area (Å²) >= 11 is 6.04. The van der Waals surface area contributed by atoms with E-state index in [2.05, 4.69) is 26.2 Å². The fourth-order valence-corrected chi connectivity index (χ4v) is 12.2. The number of nitrogens with one attached hydrogen (secondary N) is 2. The lowest BCUT2D eigenvalue weighted by Gasteiger charge is -2.43. The summed E-state index contributed by atoms with van der Waals surface area (Å²) < 4.78 is 70.7. The van der Waals surface area contributed by atoms with E-state index >= 15 is 0 Å². The van der Waals surface area contributed by atoms with Crippen molar-refractivity contribution < 1.29 is 40.7 Å². The van der Waals surface area contributed by atoms with Gasteiger partial charge in [-0.25, -0.2) is 13.6 Å². The summed E-state index contributed by atoms with van der Waals surface area (Å²) in [4.78, 5) is 57.9. The van der Waals surface area contributed by atoms with Gasteiger partial charge in [-0.3, -0.25) is 24.1 Å². The van der Waals surface area contributed by atoms with Crippen LogP contribution in [0, 0.1) is 29.6 Å². The Labute approximate surface area is 310 Å². The molecule has 3 fully saturated rings. The van der Waals surface area contributed by atoms with Crippen LogP contribution in [0.4, 0.5) is 24.5 Å². The van der Waals surface area contributed by atoms with Gasteiger partial charge in [0.1, 0.15) is 5.75 Å². The van der Waals surface area contributed by atoms with Crippen molar-refractivity contribution in [2.75, 3.05) is 16.8 Å². The van der Waals surface area contributed by atoms with E-state index in [9.17, 15) is 40.8 Å². The number of primary sulfonamides is 1. The molecule has 3 heterocycles. The lowest BCUT2D eigenvalue weighted by molar-refractivity contribution is -0.137. The lowest BCUT2D eigenvalue weighted by atomic mass is 9.68. The first-order valence-corrected chi connectivity index (χ1v) is 19.9. The number of nitrogens with two attached hydrogens (primary N) is 1. The SMILES string of the molecule is NS(=O)(=O)c1ccc(NC(=O)COc2ccc(Br)cc2[C@@H]2c3sc(=O)[nH]c3S[C@@H]3[C@@H]4C[C@@H]([C@@H]5C(=O)N(c6cccc(C(F)(F)F)c6)C(=O)[C@@H]45)[C@H]23)cc1. The van der Waals surface area contributed by atoms with Crippen LogP contribution in [-0.4, -0.2) is 43.0 Å². The zero-order valence-electron chi connectivity index (χ0n) is 26.4. The van der Waals surface area contributed by atoms with Crippen LogP contribution in [-0.2, 0) is 30.6 Å². The molecule has 3 aromatic carbocycles. The molecule has 7 atom stereocenters. The number of benzene rings is 3. The first-order valence-electron chi connectivity index (χ1n) is 15.9. The number of thioether (sulfide) groups is 1. The van der Waals surface area contributed by atoms with Crippen molar-refractivity contribution in [1.29, 1.82) is 0 Å². The van der Waals surface area contributed by atoms with E-state index in [1.165, 1.54) is 48.2 Å². The second-order valence-corrected chi connectivity index (χ2v) is 17.8. The Morgan fingerprint density at radius 2 is 1.73 bits per heavy atom. The van der Waals surface area contributed by atoms with Gasteiger partial charge in [0.2, 0.25) is 21.8 Å². The van der Waals surface area contributed by atoms with Gasteiger partial charge in [0.05, 0.1) is 33.0 Å². The zero-order chi connectivity index (χ0) is 36.9. The van der Waals surface area contributed by atoms with Crippen LogP contribution >= 0.6 is 39.0 Å². The van der Waals surface area contributed by atoms with Gasteiger partial charge in [-0.1, -0.05) is 33.3 Å². The highest BCUT2D eigenvalue weighted by atomic mass is 79.9. The first kappa shape index (κ1) is 35.1. The van der Waals surface area contributed by atoms with E-state index in [0.29, 0.717) is 32.9 Å². The van der Waals surface area contributed by atoms with Crippen molar-refractivity contribution in [3.8, 4) is 5.75 Å². The van der Waals surface area contributed by atoms with Crippen molar-refractivity contribution in [1.82, 2.24) is 4.98 Å². The normalized spacial score (nSPS) is 26.2. The Bertz CT molecular complexity index is 2330. The number of carbonyl (C=O) groups excluding carboxylic acids is 3. The molecule has 4 N–H and O–H groups in total. The molecule has 2 saturated carbocycles. The van der Waals surface area contributed by atoms with Gasteiger partial charge in [-0.05, 0) is 84.8 Å². The van der Waals surface area contributed by atoms with Gasteiger partial charge in [-0.15, -0.1) is 11.8 Å². The highest BCUT2D eigenvalue weighted by Gasteiger charge is 2.70. The molecule has 3 amide bonds. The van der Waals surface area contributed by atoms with E-state index in [0.717, 1.165) is 33.2 Å². The number of hydrogen-bond donors (Lipinski definition) is 3. The van der Waals surface area contributed by atoms with Crippen molar-refractivity contribution in [3.63, 3.8) is 0 Å². The average Bonchev–Trinajstić information content (AvgIpc) is 3.82. The highest BCUT2D eigenvalue weighted by Crippen LogP contribution is 2.69. The summed E-state index contributed by atoms with van der Waals surface area (Å²) in [5.41, 5.74) is -0.103. The number of nitrogens with zero attached hydrogens (tertiary/aromatic N) is 1. The second-order valence-electron chi connectivity index (χ2n) is 13.1. The van der Waals surface area contributed by atoms with Crippen molar-refractivity contribution in [3.05, 3.63) is 96.9 Å². The van der Waals surface area contributed by atoms with Crippen molar-refractivity contribution in [2.24, 2.45) is 34.7 Å². The number of halogens is 4. The minimum atomic E-state index is -4.66. The topological polar surface area (TPSA) is 169 Å². The van der Waals surface area contributed by atoms with Gasteiger partial charge in [0, 0.05) is 31.8 Å². The van der Waals surface area contributed by atoms with E-state index in [1.807, 2.05) is 6.07 Å². The highest BCUT2D eigenvalue weighted by molar-refractivity contribution is 9.10. The van der Waals surface area contributed by atoms with E-state index in [1.54, 1.807) is 12.1 Å². The molecule has 18 heteroatoms. The second kappa shape index (κ2) is 12.6. The van der Waals surface area contributed by atoms with Crippen LogP contribution in [0.3, 0.4) is 0 Å². The molecule has 8 rings (SSSR count). The van der Waals surface area contributed by atoms with E-state index in [4.69, 9.17) is 9.88 Å². The molecule has 4 aliphatic rings. The number of amides is 3. The number of carbonyl (C=O) groups is 3. The molecule has 2 bridgehead atoms. The third-order valence-electron chi connectivity index (χ3n) is 10.3. The number of sulfonamides is 1. The van der Waals surface area contributed by atoms with Crippen LogP contribution < -0.4 is 25.0 Å². The van der Waals surface area contributed by atoms with Gasteiger partial charge >= 0.3 is 11.0 Å². The Balaban J connectivity index is 1.11. The predicted octanol–water partition coefficient (Wildman–Crippen LogP) is 5.56. The Kier molecular flexibility index (Phi) is 8.48. The molecular weight excluding hydrogens is 809 g/mol. The maximum Gasteiger partial charge on any atom is 0.416 e. The standard InChI is InChI=1S/C34H26BrF3N4O7S3/c35-15-4-9-22(49-13-23(43)40-16-5-7-18(8-6-16)52(39,47)48)19(11-15)24-25-20-12-21(28(25)50-30-29(24)51-33(46)41-30)27-26(20)31(44)42(32(27)45)17-3-1-2-14(10-17)34(36,37)38/h1-11,20-21,24-28H,12-13H2,(H,40,43)(H,41,46)(H2,39,47,48)/t20-,21-,24+,25-,26+,27+,28-/m1/s1. The predicted molar refractivity (Wildman–Crippen MR) is 189 cm³/mol. The number of hydrogen-bond acceptors (Lipinski definition) is 9. The number of thiazole rings is 1. The number of H-pyrrole nitrogens is 1. The number of aromatic nitrogens is 1. The smallest absolute Gasteiger partial charge is 0.416 e. The number of fused-ring (bicyclic) bond motifs is 9. The largest absolute Gasteiger partial charge is 0.483 e. The number of rotatable bonds is 7. The van der Waals surface area contributed by atoms with Gasteiger partial charge < -0.3 is 15.0 Å². The lowest BCUT2D eigenvalue weighted by Crippen LogP contribution is -2.42. The molecule has 11 nitrogen and oxygen atoms in total. The summed E-state index contributed by atoms with van der Waals surface area (Å²) in [5, 5.41) is 8.24. The summed E-state index contributed by atoms with van der Waals surface area (Å²) in [7, 11) is -3.91. The minimum absolute atomic E-state index is 0.115. The third-order valence-corrected chi connectivity index (χ3v) is 14.3. The Morgan fingerprint density at radius 3 is 2.42 bits per heavy atom. The summed E-state index contributed by atoms with van der Waals surface area (Å²) in [6.45, 7) is -0.424. The Hall–Kier alpha value is -3.97. The molecule has 1 saturated heterocycles. The molecular formula is C34H26BrF3N4O7S3. The van der Waals surface area contributed by atoms with Crippen molar-refractivity contribution >= 4 is 78.1 Å². The number of ether oxygens (including phenoxy) is 1. The monoisotopic (exact) mass is 834 g/mol. The Morgan fingerprint density at radius 1 is 1.02 bits per heavy atom. The summed E-state index contributed by atoms with van der Waals surface area (Å²) in [6, 6.07) is 14.8. The zero-order valence-corrected chi connectivity index (χ0v) is 30.5. The maximum atomic E-state index is 14.1. The fraction of sp³-hybridized carbons (Fsp3) is 0.294. The average molecular weight is 836 g/mol. The van der Waals surface area contributed by atoms with Crippen LogP contribution in [0.1, 0.15) is 28.3 Å². The van der Waals surface area contributed by atoms with Gasteiger partial charge in [0.25, 0.3) is 5.91 Å². The van der Waals surface area contributed by atoms with Gasteiger partial charge in [0.15, 0.2) is 6.61 Å². The number of alkyl halides is 3. The van der Waals surface area contributed by atoms with E-state index in [-0.39, 0.29) is 38.5 Å². The quantitative estimate of drug-likeness (QED) is 0.204. The number of aromatic amines is 1. The van der Waals surface area contributed by atoms with E-state index < -0.39 is 63.8 Å². The molecule has 0 spiro atoms. The molecule has 4 aromatic rings. The minimum Gasteiger partial charge on any atom is -0.483 e. The van der Waals surface area contributed by atoms with Crippen LogP contribution in [0.5, 0.6) is 5.75 Å². The fourth-order valence-electron chi connectivity index (χ4n) is 8.40. The van der Waals surface area contributed by atoms with Crippen LogP contribution in [0.15, 0.2) is 85.9 Å². The molecule has 0 unspecified atom stereocenters. The molecule has 270 valence electrons. The number of imide groups is 1. The first-order chi connectivity index (χ1) is 24.6. The van der Waals surface area contributed by atoms with Crippen LogP contribution in [0.2, 0.25) is 0 Å². The molecule has 0 radical (unpaired) electrons. The molecule has 52 heavy (non-hydrogen) atoms. The molecule has 1 aromatic heterocycles. The summed E-state index contributed by atoms with van der Waals surface area (Å²) in [5.74, 6) is -4.03. The van der Waals surface area contributed by atoms with Crippen LogP contribution in [0.25, 0.3) is 0 Å². The van der Waals surface area contributed by atoms with Crippen molar-refractivity contribution in [2.45, 2.75) is 33.7 Å². The molecule has 2 aliphatic carbocycles. The van der Waals surface area contributed by atoms with Gasteiger partial charge in [-0.2, -0.15) is 13.2 Å². The third kappa shape index (κ3) is 5.88. The molecule has 2 aliphatic heterocycles.